The summed E-state index contributed by atoms with van der Waals surface area (Å²) in [7, 11) is 0. The van der Waals surface area contributed by atoms with Crippen molar-refractivity contribution < 1.29 is 9.53 Å². The molecule has 1 aliphatic heterocycles. The number of amides is 1. The van der Waals surface area contributed by atoms with Gasteiger partial charge in [0.05, 0.1) is 6.10 Å². The van der Waals surface area contributed by atoms with Crippen molar-refractivity contribution in [3.63, 3.8) is 0 Å². The summed E-state index contributed by atoms with van der Waals surface area (Å²) in [5.41, 5.74) is 0. The fraction of sp³-hybridized carbons (Fsp3) is 0.900. The molecule has 1 atom stereocenters. The van der Waals surface area contributed by atoms with Crippen LogP contribution in [0, 0.1) is 0 Å². The van der Waals surface area contributed by atoms with E-state index in [0.29, 0.717) is 12.6 Å². The minimum absolute atomic E-state index is 0.0469. The average Bonchev–Trinajstić information content (AvgIpc) is 2.15. The first kappa shape index (κ1) is 11.3. The molecule has 0 aromatic rings. The predicted molar refractivity (Wildman–Crippen MR) is 55.3 cm³/mol. The molecule has 4 heteroatoms. The van der Waals surface area contributed by atoms with Crippen molar-refractivity contribution in [2.45, 2.75) is 45.3 Å². The highest BCUT2D eigenvalue weighted by molar-refractivity contribution is 5.67. The fourth-order valence-corrected chi connectivity index (χ4v) is 1.56. The average molecular weight is 200 g/mol. The lowest BCUT2D eigenvalue weighted by Crippen LogP contribution is -2.43. The molecular weight excluding hydrogens is 180 g/mol. The number of carbonyl (C=O) groups is 1. The molecule has 1 amide bonds. The molecule has 2 N–H and O–H groups in total. The van der Waals surface area contributed by atoms with Gasteiger partial charge in [0.25, 0.3) is 0 Å². The van der Waals surface area contributed by atoms with Crippen molar-refractivity contribution in [2.75, 3.05) is 13.1 Å². The normalized spacial score (nSPS) is 22.1. The fourth-order valence-electron chi connectivity index (χ4n) is 1.56. The van der Waals surface area contributed by atoms with Crippen LogP contribution < -0.4 is 10.6 Å². The van der Waals surface area contributed by atoms with E-state index < -0.39 is 0 Å². The molecule has 0 saturated carbocycles. The molecule has 1 unspecified atom stereocenters. The van der Waals surface area contributed by atoms with E-state index in [2.05, 4.69) is 10.6 Å². The van der Waals surface area contributed by atoms with Gasteiger partial charge in [-0.1, -0.05) is 6.42 Å². The Morgan fingerprint density at radius 2 is 2.36 bits per heavy atom. The molecule has 0 bridgehead atoms. The SMILES string of the molecule is CC(C)OC(=O)NCC1CCCCN1. The lowest BCUT2D eigenvalue weighted by atomic mass is 10.1. The third-order valence-electron chi connectivity index (χ3n) is 2.25. The molecule has 1 heterocycles. The van der Waals surface area contributed by atoms with Gasteiger partial charge in [0.1, 0.15) is 0 Å². The molecule has 0 radical (unpaired) electrons. The second kappa shape index (κ2) is 5.86. The third kappa shape index (κ3) is 4.46. The summed E-state index contributed by atoms with van der Waals surface area (Å²) >= 11 is 0. The minimum atomic E-state index is -0.313. The lowest BCUT2D eigenvalue weighted by molar-refractivity contribution is 0.114. The molecule has 14 heavy (non-hydrogen) atoms. The van der Waals surface area contributed by atoms with Crippen LogP contribution in [-0.4, -0.2) is 31.3 Å². The maximum Gasteiger partial charge on any atom is 0.407 e. The molecule has 1 aliphatic rings. The number of hydrogen-bond acceptors (Lipinski definition) is 3. The van der Waals surface area contributed by atoms with Crippen LogP contribution in [0.15, 0.2) is 0 Å². The Kier molecular flexibility index (Phi) is 4.73. The summed E-state index contributed by atoms with van der Waals surface area (Å²) in [6.07, 6.45) is 3.27. The van der Waals surface area contributed by atoms with E-state index in [9.17, 15) is 4.79 Å². The van der Waals surface area contributed by atoms with Crippen molar-refractivity contribution in [1.82, 2.24) is 10.6 Å². The highest BCUT2D eigenvalue weighted by Gasteiger charge is 2.13. The van der Waals surface area contributed by atoms with Crippen LogP contribution in [0.1, 0.15) is 33.1 Å². The number of nitrogens with one attached hydrogen (secondary N) is 2. The van der Waals surface area contributed by atoms with Gasteiger partial charge in [-0.3, -0.25) is 0 Å². The van der Waals surface area contributed by atoms with Crippen molar-refractivity contribution in [3.8, 4) is 0 Å². The second-order valence-electron chi connectivity index (χ2n) is 3.98. The standard InChI is InChI=1S/C10H20N2O2/c1-8(2)14-10(13)12-7-9-5-3-4-6-11-9/h8-9,11H,3-7H2,1-2H3,(H,12,13). The summed E-state index contributed by atoms with van der Waals surface area (Å²) in [5.74, 6) is 0. The van der Waals surface area contributed by atoms with E-state index in [1.165, 1.54) is 12.8 Å². The summed E-state index contributed by atoms with van der Waals surface area (Å²) < 4.78 is 4.96. The quantitative estimate of drug-likeness (QED) is 0.721. The zero-order chi connectivity index (χ0) is 10.4. The van der Waals surface area contributed by atoms with Crippen LogP contribution in [0.5, 0.6) is 0 Å². The molecule has 0 aromatic carbocycles. The Balaban J connectivity index is 2.09. The van der Waals surface area contributed by atoms with E-state index in [1.807, 2.05) is 13.8 Å². The molecule has 1 fully saturated rings. The molecule has 0 spiro atoms. The second-order valence-corrected chi connectivity index (χ2v) is 3.98. The van der Waals surface area contributed by atoms with Crippen molar-refractivity contribution in [3.05, 3.63) is 0 Å². The van der Waals surface area contributed by atoms with Gasteiger partial charge in [0.2, 0.25) is 0 Å². The smallest absolute Gasteiger partial charge is 0.407 e. The minimum Gasteiger partial charge on any atom is -0.447 e. The van der Waals surface area contributed by atoms with Crippen molar-refractivity contribution in [2.24, 2.45) is 0 Å². The summed E-state index contributed by atoms with van der Waals surface area (Å²) in [5, 5.41) is 6.12. The first-order valence-corrected chi connectivity index (χ1v) is 5.36. The predicted octanol–water partition coefficient (Wildman–Crippen LogP) is 1.26. The van der Waals surface area contributed by atoms with E-state index in [0.717, 1.165) is 13.0 Å². The number of piperidine rings is 1. The molecule has 1 rings (SSSR count). The van der Waals surface area contributed by atoms with Gasteiger partial charge in [-0.15, -0.1) is 0 Å². The zero-order valence-electron chi connectivity index (χ0n) is 9.01. The number of hydrogen-bond donors (Lipinski definition) is 2. The molecule has 4 nitrogen and oxygen atoms in total. The first-order chi connectivity index (χ1) is 6.68. The summed E-state index contributed by atoms with van der Waals surface area (Å²) in [6, 6.07) is 0.420. The maximum atomic E-state index is 11.1. The Bertz CT molecular complexity index is 177. The first-order valence-electron chi connectivity index (χ1n) is 5.36. The van der Waals surface area contributed by atoms with E-state index >= 15 is 0 Å². The topological polar surface area (TPSA) is 50.4 Å². The summed E-state index contributed by atoms with van der Waals surface area (Å²) in [6.45, 7) is 5.42. The van der Waals surface area contributed by atoms with Crippen LogP contribution in [0.4, 0.5) is 4.79 Å². The number of rotatable bonds is 3. The molecule has 0 aromatic heterocycles. The van der Waals surface area contributed by atoms with Gasteiger partial charge >= 0.3 is 6.09 Å². The Morgan fingerprint density at radius 3 is 2.93 bits per heavy atom. The number of alkyl carbamates (subject to hydrolysis) is 1. The Morgan fingerprint density at radius 1 is 1.57 bits per heavy atom. The number of ether oxygens (including phenoxy) is 1. The van der Waals surface area contributed by atoms with Crippen LogP contribution in [0.3, 0.4) is 0 Å². The highest BCUT2D eigenvalue weighted by Crippen LogP contribution is 2.05. The van der Waals surface area contributed by atoms with Crippen molar-refractivity contribution in [1.29, 1.82) is 0 Å². The molecule has 82 valence electrons. The molecule has 1 saturated heterocycles. The molecular formula is C10H20N2O2. The van der Waals surface area contributed by atoms with Crippen LogP contribution >= 0.6 is 0 Å². The van der Waals surface area contributed by atoms with Crippen LogP contribution in [0.25, 0.3) is 0 Å². The van der Waals surface area contributed by atoms with Gasteiger partial charge in [0.15, 0.2) is 0 Å². The highest BCUT2D eigenvalue weighted by atomic mass is 16.6. The Hall–Kier alpha value is -0.770. The zero-order valence-corrected chi connectivity index (χ0v) is 9.01. The van der Waals surface area contributed by atoms with E-state index in [1.54, 1.807) is 0 Å². The third-order valence-corrected chi connectivity index (χ3v) is 2.25. The van der Waals surface area contributed by atoms with Gasteiger partial charge in [-0.05, 0) is 33.2 Å². The van der Waals surface area contributed by atoms with E-state index in [4.69, 9.17) is 4.74 Å². The lowest BCUT2D eigenvalue weighted by Gasteiger charge is -2.23. The van der Waals surface area contributed by atoms with Gasteiger partial charge in [-0.25, -0.2) is 4.79 Å². The van der Waals surface area contributed by atoms with E-state index in [-0.39, 0.29) is 12.2 Å². The van der Waals surface area contributed by atoms with Crippen LogP contribution in [0.2, 0.25) is 0 Å². The van der Waals surface area contributed by atoms with Gasteiger partial charge in [-0.2, -0.15) is 0 Å². The number of carbonyl (C=O) groups excluding carboxylic acids is 1. The summed E-state index contributed by atoms with van der Waals surface area (Å²) in [4.78, 5) is 11.1. The molecule has 0 aliphatic carbocycles. The van der Waals surface area contributed by atoms with Gasteiger partial charge in [0, 0.05) is 12.6 Å². The van der Waals surface area contributed by atoms with Gasteiger partial charge < -0.3 is 15.4 Å². The van der Waals surface area contributed by atoms with Crippen molar-refractivity contribution >= 4 is 6.09 Å². The Labute approximate surface area is 85.4 Å². The maximum absolute atomic E-state index is 11.1. The largest absolute Gasteiger partial charge is 0.447 e. The van der Waals surface area contributed by atoms with Crippen LogP contribution in [-0.2, 0) is 4.74 Å². The monoisotopic (exact) mass is 200 g/mol.